The number of likely N-dealkylation sites (N-methyl/N-ethyl adjacent to an activating group) is 1. The molecule has 1 aliphatic carbocycles. The Morgan fingerprint density at radius 3 is 2.06 bits per heavy atom. The van der Waals surface area contributed by atoms with Gasteiger partial charge in [-0.25, -0.2) is 23.7 Å². The van der Waals surface area contributed by atoms with Gasteiger partial charge in [-0.15, -0.1) is 11.3 Å². The summed E-state index contributed by atoms with van der Waals surface area (Å²) in [5.74, 6) is -3.64. The van der Waals surface area contributed by atoms with E-state index in [-0.39, 0.29) is 95.3 Å². The van der Waals surface area contributed by atoms with Crippen LogP contribution in [-0.4, -0.2) is 172 Å². The van der Waals surface area contributed by atoms with Crippen LogP contribution in [0.2, 0.25) is 0 Å². The number of piperazine rings is 2. The number of hydrogen-bond donors (Lipinski definition) is 4. The van der Waals surface area contributed by atoms with Gasteiger partial charge in [-0.05, 0) is 139 Å². The largest absolute Gasteiger partial charge is 0.417 e. The van der Waals surface area contributed by atoms with Crippen molar-refractivity contribution in [3.8, 4) is 21.6 Å². The lowest BCUT2D eigenvalue weighted by Crippen LogP contribution is -2.59. The Kier molecular flexibility index (Phi) is 19.2. The number of carbonyl (C=O) groups excluding carboxylic acids is 5. The van der Waals surface area contributed by atoms with E-state index >= 15 is 4.39 Å². The Labute approximate surface area is 520 Å². The molecule has 10 rings (SSSR count). The molecule has 0 radical (unpaired) electrons. The number of carbonyl (C=O) groups is 5. The van der Waals surface area contributed by atoms with Crippen LogP contribution < -0.4 is 25.8 Å². The molecule has 2 aromatic heterocycles. The number of aliphatic hydroxyl groups is 1. The number of rotatable bonds is 14. The number of nitrogens with one attached hydrogen (secondary N) is 3. The van der Waals surface area contributed by atoms with E-state index in [1.54, 1.807) is 11.3 Å². The average molecular weight is 1250 g/mol. The van der Waals surface area contributed by atoms with E-state index in [1.165, 1.54) is 29.4 Å². The number of halogens is 5. The molecule has 1 spiro atoms. The van der Waals surface area contributed by atoms with E-state index in [0.29, 0.717) is 58.3 Å². The summed E-state index contributed by atoms with van der Waals surface area (Å²) in [6.45, 7) is 17.6. The number of alkyl halides is 3. The van der Waals surface area contributed by atoms with E-state index in [2.05, 4.69) is 40.7 Å². The van der Waals surface area contributed by atoms with Gasteiger partial charge in [0, 0.05) is 93.8 Å². The summed E-state index contributed by atoms with van der Waals surface area (Å²) in [5.41, 5.74) is 2.42. The number of thiazole rings is 1. The molecule has 4 N–H and O–H groups in total. The third-order valence-corrected chi connectivity index (χ3v) is 20.1. The molecule has 24 heteroatoms. The lowest BCUT2D eigenvalue weighted by Gasteiger charge is -2.46. The fourth-order valence-electron chi connectivity index (χ4n) is 13.5. The number of nitrogens with zero attached hydrogens (tertiary/aromatic N) is 9. The van der Waals surface area contributed by atoms with Gasteiger partial charge in [0.15, 0.2) is 0 Å². The number of aliphatic hydroxyl groups excluding tert-OH is 1. The first-order chi connectivity index (χ1) is 42.1. The molecular formula is C65H81F5N12O6S. The van der Waals surface area contributed by atoms with Gasteiger partial charge in [0.05, 0.1) is 57.3 Å². The first kappa shape index (κ1) is 64.8. The Morgan fingerprint density at radius 2 is 1.45 bits per heavy atom. The van der Waals surface area contributed by atoms with Crippen molar-refractivity contribution in [3.63, 3.8) is 0 Å². The Hall–Kier alpha value is -7.15. The van der Waals surface area contributed by atoms with Crippen LogP contribution in [0.25, 0.3) is 21.6 Å². The van der Waals surface area contributed by atoms with Crippen molar-refractivity contribution in [2.45, 2.75) is 136 Å². The molecule has 5 aromatic rings. The molecule has 6 heterocycles. The smallest absolute Gasteiger partial charge is 0.391 e. The third-order valence-electron chi connectivity index (χ3n) is 19.1. The molecule has 3 aromatic carbocycles. The highest BCUT2D eigenvalue weighted by molar-refractivity contribution is 7.13. The lowest BCUT2D eigenvalue weighted by atomic mass is 9.65. The highest BCUT2D eigenvalue weighted by Crippen LogP contribution is 2.47. The maximum absolute atomic E-state index is 16.3. The molecule has 4 saturated heterocycles. The number of likely N-dealkylation sites (tertiary alicyclic amines) is 2. The molecule has 0 unspecified atom stereocenters. The molecule has 5 aliphatic rings. The van der Waals surface area contributed by atoms with Crippen LogP contribution in [0, 0.1) is 35.3 Å². The van der Waals surface area contributed by atoms with E-state index in [4.69, 9.17) is 0 Å². The number of piperidine rings is 1. The second kappa shape index (κ2) is 26.4. The predicted molar refractivity (Wildman–Crippen MR) is 331 cm³/mol. The average Bonchev–Trinajstić information content (AvgIpc) is 2.49. The second-order valence-corrected chi connectivity index (χ2v) is 27.1. The Morgan fingerprint density at radius 1 is 0.798 bits per heavy atom. The highest BCUT2D eigenvalue weighted by Gasteiger charge is 2.46. The number of aromatic nitrogens is 3. The van der Waals surface area contributed by atoms with Crippen LogP contribution in [0.4, 0.5) is 39.3 Å². The van der Waals surface area contributed by atoms with Gasteiger partial charge in [0.1, 0.15) is 23.7 Å². The van der Waals surface area contributed by atoms with Gasteiger partial charge in [0.25, 0.3) is 5.91 Å². The minimum absolute atomic E-state index is 0.00502. The lowest BCUT2D eigenvalue weighted by molar-refractivity contribution is -0.144. The molecule has 89 heavy (non-hydrogen) atoms. The monoisotopic (exact) mass is 1250 g/mol. The molecule has 18 nitrogen and oxygen atoms in total. The van der Waals surface area contributed by atoms with Gasteiger partial charge in [0.2, 0.25) is 29.6 Å². The summed E-state index contributed by atoms with van der Waals surface area (Å²) in [4.78, 5) is 95.7. The molecule has 478 valence electrons. The van der Waals surface area contributed by atoms with Crippen LogP contribution in [0.15, 0.2) is 72.5 Å². The SMILES string of the molecule is Cc1ncsc1-c1ccc([C@H](C)NC(=O)[C@@H]2C[C@@H](O)CN2C(=O)[C@@H](NC(=O)CN2CCC3(CCC(C(=O)N4CCN(c5ncc(-c6cc(NC(=O)c7ccc(F)cc7C(F)(F)F)c(N7C[C@@H](C)N(C)[C@@H](C)C7)cc6F)cn5)CC4)CC3)CC2)C(C)(C)C)cc1. The zero-order chi connectivity index (χ0) is 63.9. The number of anilines is 3. The third kappa shape index (κ3) is 14.6. The highest BCUT2D eigenvalue weighted by atomic mass is 32.1. The van der Waals surface area contributed by atoms with E-state index in [1.807, 2.05) is 100.0 Å². The van der Waals surface area contributed by atoms with Crippen molar-refractivity contribution < 1.29 is 51.0 Å². The van der Waals surface area contributed by atoms with Crippen molar-refractivity contribution in [3.05, 3.63) is 107 Å². The number of β-amino-alcohol motifs (C(OH)–C–C–N with tert-alkyl or cyclic N) is 1. The van der Waals surface area contributed by atoms with E-state index < -0.39 is 64.4 Å². The fraction of sp³-hybridized carbons (Fsp3) is 0.538. The minimum Gasteiger partial charge on any atom is -0.391 e. The number of aryl methyl sites for hydroxylation is 1. The van der Waals surface area contributed by atoms with Gasteiger partial charge in [-0.3, -0.25) is 33.8 Å². The van der Waals surface area contributed by atoms with Gasteiger partial charge < -0.3 is 40.7 Å². The zero-order valence-corrected chi connectivity index (χ0v) is 52.6. The fourth-order valence-corrected chi connectivity index (χ4v) is 14.3. The molecule has 6 atom stereocenters. The summed E-state index contributed by atoms with van der Waals surface area (Å²) in [7, 11) is 1.97. The summed E-state index contributed by atoms with van der Waals surface area (Å²) in [6, 6.07) is 10.2. The predicted octanol–water partition coefficient (Wildman–Crippen LogP) is 8.94. The van der Waals surface area contributed by atoms with Gasteiger partial charge in [-0.2, -0.15) is 13.2 Å². The van der Waals surface area contributed by atoms with Crippen molar-refractivity contribution in [2.24, 2.45) is 16.7 Å². The molecular weight excluding hydrogens is 1170 g/mol. The van der Waals surface area contributed by atoms with Crippen LogP contribution in [0.5, 0.6) is 0 Å². The van der Waals surface area contributed by atoms with Crippen molar-refractivity contribution in [1.29, 1.82) is 0 Å². The molecule has 5 amide bonds. The normalized spacial score (nSPS) is 22.0. The Balaban J connectivity index is 0.694. The molecule has 4 aliphatic heterocycles. The first-order valence-corrected chi connectivity index (χ1v) is 31.7. The zero-order valence-electron chi connectivity index (χ0n) is 51.8. The van der Waals surface area contributed by atoms with Crippen LogP contribution in [0.1, 0.15) is 120 Å². The standard InChI is InChI=1S/C65H81F5N12O6S/c1-38-33-81(34-39(2)77(38)8)53-30-51(67)49(29-52(53)75-58(85)48-14-13-46(66)27-50(48)65(68,69)70)45-31-71-62(72-32-45)80-25-23-79(24-26-80)60(87)44-15-17-64(18-16-44)19-21-78(22-20-64)36-55(84)76-57(63(5,6)7)61(88)82-35-47(83)28-54(82)59(86)74-40(3)42-9-11-43(12-10-42)56-41(4)73-37-89-56/h9-14,27,29-32,37-40,44,47,54,57,83H,15-26,28,33-36H2,1-8H3,(H,74,86)(H,75,85)(H,76,84)/t38-,39+,40-,47+,54-,57+/m0/s1. The topological polar surface area (TPSA) is 200 Å². The van der Waals surface area contributed by atoms with E-state index in [0.717, 1.165) is 72.4 Å². The maximum Gasteiger partial charge on any atom is 0.417 e. The maximum atomic E-state index is 16.3. The first-order valence-electron chi connectivity index (χ1n) is 30.8. The van der Waals surface area contributed by atoms with Crippen molar-refractivity contribution in [1.82, 2.24) is 45.2 Å². The quantitative estimate of drug-likeness (QED) is 0.0769. The van der Waals surface area contributed by atoms with Crippen molar-refractivity contribution in [2.75, 3.05) is 87.6 Å². The summed E-state index contributed by atoms with van der Waals surface area (Å²) in [6.07, 6.45) is 2.15. The van der Waals surface area contributed by atoms with Gasteiger partial charge in [-0.1, -0.05) is 45.0 Å². The number of hydrogen-bond acceptors (Lipinski definition) is 14. The van der Waals surface area contributed by atoms with Crippen LogP contribution in [-0.2, 0) is 25.4 Å². The van der Waals surface area contributed by atoms with Crippen LogP contribution in [0.3, 0.4) is 0 Å². The summed E-state index contributed by atoms with van der Waals surface area (Å²) >= 11 is 1.57. The van der Waals surface area contributed by atoms with Crippen molar-refractivity contribution >= 4 is 58.2 Å². The molecule has 1 saturated carbocycles. The summed E-state index contributed by atoms with van der Waals surface area (Å²) in [5, 5.41) is 19.5. The Bertz CT molecular complexity index is 3380. The number of benzene rings is 3. The molecule has 0 bridgehead atoms. The second-order valence-electron chi connectivity index (χ2n) is 26.3. The van der Waals surface area contributed by atoms with Gasteiger partial charge >= 0.3 is 6.18 Å². The van der Waals surface area contributed by atoms with Crippen LogP contribution >= 0.6 is 11.3 Å². The number of amides is 5. The summed E-state index contributed by atoms with van der Waals surface area (Å²) < 4.78 is 72.5. The van der Waals surface area contributed by atoms with E-state index in [9.17, 15) is 46.6 Å². The molecule has 5 fully saturated rings. The minimum atomic E-state index is -5.02.